The van der Waals surface area contributed by atoms with Gasteiger partial charge in [0, 0.05) is 29.6 Å². The average Bonchev–Trinajstić information content (AvgIpc) is 3.62. The van der Waals surface area contributed by atoms with Crippen molar-refractivity contribution < 1.29 is 32.0 Å². The van der Waals surface area contributed by atoms with Gasteiger partial charge >= 0.3 is 0 Å². The van der Waals surface area contributed by atoms with E-state index < -0.39 is 52.7 Å². The molecule has 5 heterocycles. The number of fused-ring (bicyclic) bond motifs is 1. The van der Waals surface area contributed by atoms with E-state index in [0.717, 1.165) is 11.3 Å². The number of hydrogen-bond acceptors (Lipinski definition) is 9. The molecule has 2 amide bonds. The van der Waals surface area contributed by atoms with Crippen LogP contribution in [-0.2, 0) is 19.4 Å². The number of aromatic nitrogens is 2. The highest BCUT2D eigenvalue weighted by atomic mass is 32.3. The molecule has 1 N–H and O–H groups in total. The van der Waals surface area contributed by atoms with Gasteiger partial charge in [0.25, 0.3) is 11.8 Å². The Balaban J connectivity index is 0.000000555. The summed E-state index contributed by atoms with van der Waals surface area (Å²) in [6.07, 6.45) is 5.72. The van der Waals surface area contributed by atoms with E-state index in [2.05, 4.69) is 24.0 Å². The minimum Gasteiger partial charge on any atom is -0.342 e. The minimum absolute atomic E-state index is 0.1000. The number of amides is 2. The van der Waals surface area contributed by atoms with Crippen molar-refractivity contribution in [1.29, 1.82) is 0 Å². The van der Waals surface area contributed by atoms with Crippen LogP contribution in [0.1, 0.15) is 29.8 Å². The first-order valence-corrected chi connectivity index (χ1v) is 14.4. The maximum Gasteiger partial charge on any atom is 0.282 e. The van der Waals surface area contributed by atoms with Gasteiger partial charge in [-0.1, -0.05) is 4.33 Å². The molecule has 39 heavy (non-hydrogen) atoms. The summed E-state index contributed by atoms with van der Waals surface area (Å²) in [6.45, 7) is 2.04. The molecule has 1 fully saturated rings. The number of nitrogens with one attached hydrogen (secondary N) is 1. The molecule has 0 radical (unpaired) electrons. The third-order valence-electron chi connectivity index (χ3n) is 6.23. The molecule has 0 aliphatic carbocycles. The molecule has 206 valence electrons. The van der Waals surface area contributed by atoms with Crippen LogP contribution in [0.25, 0.3) is 0 Å². The van der Waals surface area contributed by atoms with Gasteiger partial charge in [-0.2, -0.15) is 4.40 Å². The van der Waals surface area contributed by atoms with Crippen LogP contribution in [0.3, 0.4) is 0 Å². The van der Waals surface area contributed by atoms with Gasteiger partial charge in [0.1, 0.15) is 0 Å². The molecule has 0 bridgehead atoms. The smallest absolute Gasteiger partial charge is 0.282 e. The van der Waals surface area contributed by atoms with Crippen LogP contribution >= 0.6 is 22.0 Å². The summed E-state index contributed by atoms with van der Waals surface area (Å²) in [6, 6.07) is 5.91. The number of pyridine rings is 1. The summed E-state index contributed by atoms with van der Waals surface area (Å²) in [5, 5.41) is 1.93. The second kappa shape index (κ2) is 9.81. The molecule has 1 aromatic carbocycles. The van der Waals surface area contributed by atoms with Crippen molar-refractivity contribution in [3.8, 4) is 0 Å². The Labute approximate surface area is 227 Å². The lowest BCUT2D eigenvalue weighted by Crippen LogP contribution is -2.57. The minimum atomic E-state index is -2.90. The molecule has 3 aliphatic heterocycles. The molecule has 3 aliphatic rings. The number of carbonyl (C=O) groups is 2. The highest BCUT2D eigenvalue weighted by Gasteiger charge is 2.48. The molecule has 2 aromatic heterocycles. The topological polar surface area (TPSA) is 109 Å². The number of rotatable bonds is 4. The first-order chi connectivity index (χ1) is 18.4. The highest BCUT2D eigenvalue weighted by Crippen LogP contribution is 2.48. The number of thiazole rings is 1. The quantitative estimate of drug-likeness (QED) is 0.447. The molecule has 3 aromatic rings. The second-order valence-corrected chi connectivity index (χ2v) is 12.4. The lowest BCUT2D eigenvalue weighted by Gasteiger charge is -2.39. The van der Waals surface area contributed by atoms with E-state index >= 15 is 4.39 Å². The molecule has 0 spiro atoms. The summed E-state index contributed by atoms with van der Waals surface area (Å²) in [4.78, 5) is 40.7. The van der Waals surface area contributed by atoms with Gasteiger partial charge in [-0.25, -0.2) is 18.2 Å². The second-order valence-electron chi connectivity index (χ2n) is 9.46. The third kappa shape index (κ3) is 5.04. The Morgan fingerprint density at radius 3 is 2.54 bits per heavy atom. The van der Waals surface area contributed by atoms with Gasteiger partial charge < -0.3 is 9.79 Å². The van der Waals surface area contributed by atoms with Crippen molar-refractivity contribution in [1.82, 2.24) is 14.7 Å². The first-order valence-electron chi connectivity index (χ1n) is 11.5. The van der Waals surface area contributed by atoms with Crippen molar-refractivity contribution >= 4 is 57.4 Å². The standard InChI is InChI=1S/C21H20F3N5O4S.C3H3NS/c1-20(2)13-8-12(18(30)27-34(3)26-11-32-33-34)4-5-14(13)29(19(20)31)15-6-7-25-17(16(15)22)28-9-21(23,24)10-28;1-2-5-3-4-1/h4-8,11H,9-10H2,1-3H3,(H,27,30);1-3H. The van der Waals surface area contributed by atoms with E-state index in [-0.39, 0.29) is 17.1 Å². The molecule has 1 unspecified atom stereocenters. The van der Waals surface area contributed by atoms with Crippen molar-refractivity contribution in [2.45, 2.75) is 25.2 Å². The van der Waals surface area contributed by atoms with Crippen LogP contribution in [0.4, 0.5) is 30.4 Å². The first kappa shape index (κ1) is 26.9. The molecular formula is C24H23F3N6O4S2. The number of alkyl halides is 2. The van der Waals surface area contributed by atoms with Crippen LogP contribution in [0, 0.1) is 5.82 Å². The Morgan fingerprint density at radius 2 is 1.95 bits per heavy atom. The van der Waals surface area contributed by atoms with Gasteiger partial charge in [-0.3, -0.25) is 24.2 Å². The summed E-state index contributed by atoms with van der Waals surface area (Å²) in [5.74, 6) is -4.93. The lowest BCUT2D eigenvalue weighted by molar-refractivity contribution is -0.121. The zero-order valence-corrected chi connectivity index (χ0v) is 22.6. The normalized spacial score (nSPS) is 23.6. The Kier molecular flexibility index (Phi) is 6.76. The number of anilines is 3. The molecule has 10 nitrogen and oxygen atoms in total. The molecule has 0 saturated carbocycles. The Hall–Kier alpha value is -3.69. The van der Waals surface area contributed by atoms with E-state index in [1.165, 1.54) is 23.2 Å². The van der Waals surface area contributed by atoms with Crippen LogP contribution in [0.5, 0.6) is 0 Å². The van der Waals surface area contributed by atoms with E-state index in [1.807, 2.05) is 5.38 Å². The number of benzene rings is 1. The van der Waals surface area contributed by atoms with Gasteiger partial charge in [-0.15, -0.1) is 11.3 Å². The fourth-order valence-corrected chi connectivity index (χ4v) is 5.58. The Bertz CT molecular complexity index is 1430. The molecule has 15 heteroatoms. The van der Waals surface area contributed by atoms with Crippen LogP contribution < -0.4 is 14.5 Å². The average molecular weight is 581 g/mol. The molecule has 1 atom stereocenters. The highest BCUT2D eigenvalue weighted by molar-refractivity contribution is 8.27. The van der Waals surface area contributed by atoms with Crippen LogP contribution in [0.2, 0.25) is 0 Å². The largest absolute Gasteiger partial charge is 0.342 e. The molecule has 6 rings (SSSR count). The summed E-state index contributed by atoms with van der Waals surface area (Å²) in [5.41, 5.74) is 1.74. The van der Waals surface area contributed by atoms with Crippen LogP contribution in [0.15, 0.2) is 51.9 Å². The molecule has 1 saturated heterocycles. The SMILES string of the molecule is CC1(C)C(=O)N(c2ccnc(N3CC(F)(F)C3)c2F)c2ccc(C(=O)NS3(C)N=COO3)cc21.c1cscn1. The van der Waals surface area contributed by atoms with E-state index in [0.29, 0.717) is 11.3 Å². The fourth-order valence-electron chi connectivity index (χ4n) is 4.26. The fraction of sp³-hybridized carbons (Fsp3) is 0.292. The van der Waals surface area contributed by atoms with E-state index in [1.54, 1.807) is 55.3 Å². The van der Waals surface area contributed by atoms with E-state index in [4.69, 9.17) is 4.33 Å². The predicted octanol–water partition coefficient (Wildman–Crippen LogP) is 4.67. The van der Waals surface area contributed by atoms with Crippen molar-refractivity contribution in [3.05, 3.63) is 64.5 Å². The monoisotopic (exact) mass is 580 g/mol. The number of carbonyl (C=O) groups excluding carboxylic acids is 2. The van der Waals surface area contributed by atoms with Crippen LogP contribution in [-0.4, -0.2) is 53.5 Å². The maximum atomic E-state index is 15.4. The zero-order chi connectivity index (χ0) is 28.0. The lowest BCUT2D eigenvalue weighted by atomic mass is 9.85. The van der Waals surface area contributed by atoms with Gasteiger partial charge in [-0.05, 0) is 43.7 Å². The van der Waals surface area contributed by atoms with Crippen molar-refractivity contribution in [2.24, 2.45) is 4.40 Å². The summed E-state index contributed by atoms with van der Waals surface area (Å²) >= 11 is 1.60. The number of halogens is 3. The molecular weight excluding hydrogens is 557 g/mol. The Morgan fingerprint density at radius 1 is 1.18 bits per heavy atom. The van der Waals surface area contributed by atoms with Gasteiger partial charge in [0.2, 0.25) is 12.3 Å². The van der Waals surface area contributed by atoms with Crippen molar-refractivity contribution in [2.75, 3.05) is 29.1 Å². The number of nitrogens with zero attached hydrogens (tertiary/aromatic N) is 5. The summed E-state index contributed by atoms with van der Waals surface area (Å²) in [7, 11) is -2.33. The zero-order valence-electron chi connectivity index (χ0n) is 20.9. The summed E-state index contributed by atoms with van der Waals surface area (Å²) < 4.78 is 53.7. The maximum absolute atomic E-state index is 15.4. The van der Waals surface area contributed by atoms with Gasteiger partial charge in [0.15, 0.2) is 11.6 Å². The number of hydrogen-bond donors (Lipinski definition) is 1. The third-order valence-corrected chi connectivity index (χ3v) is 8.15. The predicted molar refractivity (Wildman–Crippen MR) is 142 cm³/mol. The van der Waals surface area contributed by atoms with Gasteiger partial charge in [0.05, 0.1) is 46.1 Å². The van der Waals surface area contributed by atoms with Crippen molar-refractivity contribution in [3.63, 3.8) is 0 Å². The van der Waals surface area contributed by atoms with E-state index in [9.17, 15) is 18.4 Å².